The van der Waals surface area contributed by atoms with Gasteiger partial charge in [0.1, 0.15) is 12.4 Å². The van der Waals surface area contributed by atoms with Crippen LogP contribution in [0.2, 0.25) is 0 Å². The van der Waals surface area contributed by atoms with Crippen LogP contribution in [-0.2, 0) is 6.42 Å². The minimum Gasteiger partial charge on any atom is -0.492 e. The quantitative estimate of drug-likeness (QED) is 0.885. The standard InChI is InChI=1S/C17H21NO/c1-3-14-8-10-15(11-9-14)19-12-17(18)16-7-5-4-6-13(16)2/h4-11,17H,3,12,18H2,1-2H3. The van der Waals surface area contributed by atoms with Crippen molar-refractivity contribution in [2.75, 3.05) is 6.61 Å². The van der Waals surface area contributed by atoms with Gasteiger partial charge in [-0.05, 0) is 42.2 Å². The molecular formula is C17H21NO. The van der Waals surface area contributed by atoms with Crippen LogP contribution < -0.4 is 10.5 Å². The molecule has 0 spiro atoms. The van der Waals surface area contributed by atoms with Crippen molar-refractivity contribution in [1.82, 2.24) is 0 Å². The van der Waals surface area contributed by atoms with Gasteiger partial charge in [-0.25, -0.2) is 0 Å². The average Bonchev–Trinajstić information content (AvgIpc) is 2.46. The summed E-state index contributed by atoms with van der Waals surface area (Å²) >= 11 is 0. The molecule has 0 aliphatic rings. The molecule has 100 valence electrons. The summed E-state index contributed by atoms with van der Waals surface area (Å²) in [5.74, 6) is 0.876. The molecule has 2 heteroatoms. The second-order valence-corrected chi connectivity index (χ2v) is 4.77. The average molecular weight is 255 g/mol. The summed E-state index contributed by atoms with van der Waals surface area (Å²) in [6.45, 7) is 4.71. The van der Waals surface area contributed by atoms with E-state index in [-0.39, 0.29) is 6.04 Å². The van der Waals surface area contributed by atoms with E-state index >= 15 is 0 Å². The van der Waals surface area contributed by atoms with Crippen molar-refractivity contribution < 1.29 is 4.74 Å². The Labute approximate surface area is 115 Å². The van der Waals surface area contributed by atoms with Crippen LogP contribution in [0.5, 0.6) is 5.75 Å². The van der Waals surface area contributed by atoms with Crippen molar-refractivity contribution in [3.63, 3.8) is 0 Å². The fourth-order valence-electron chi connectivity index (χ4n) is 2.10. The van der Waals surface area contributed by atoms with E-state index in [1.165, 1.54) is 11.1 Å². The third-order valence-corrected chi connectivity index (χ3v) is 3.35. The molecule has 0 aromatic heterocycles. The van der Waals surface area contributed by atoms with Gasteiger partial charge in [-0.2, -0.15) is 0 Å². The van der Waals surface area contributed by atoms with Crippen molar-refractivity contribution in [3.05, 3.63) is 65.2 Å². The van der Waals surface area contributed by atoms with Gasteiger partial charge in [0.15, 0.2) is 0 Å². The van der Waals surface area contributed by atoms with E-state index in [4.69, 9.17) is 10.5 Å². The molecule has 0 fully saturated rings. The summed E-state index contributed by atoms with van der Waals surface area (Å²) in [7, 11) is 0. The Hall–Kier alpha value is -1.80. The van der Waals surface area contributed by atoms with Gasteiger partial charge in [0.25, 0.3) is 0 Å². The van der Waals surface area contributed by atoms with Gasteiger partial charge >= 0.3 is 0 Å². The lowest BCUT2D eigenvalue weighted by Crippen LogP contribution is -2.19. The van der Waals surface area contributed by atoms with Crippen LogP contribution in [0.25, 0.3) is 0 Å². The maximum absolute atomic E-state index is 6.17. The first-order chi connectivity index (χ1) is 9.20. The summed E-state index contributed by atoms with van der Waals surface area (Å²) < 4.78 is 5.75. The summed E-state index contributed by atoms with van der Waals surface area (Å²) in [5, 5.41) is 0. The third kappa shape index (κ3) is 3.58. The zero-order valence-electron chi connectivity index (χ0n) is 11.6. The molecule has 2 nitrogen and oxygen atoms in total. The van der Waals surface area contributed by atoms with Crippen LogP contribution in [0, 0.1) is 6.92 Å². The molecule has 2 aromatic carbocycles. The zero-order chi connectivity index (χ0) is 13.7. The topological polar surface area (TPSA) is 35.2 Å². The van der Waals surface area contributed by atoms with E-state index in [2.05, 4.69) is 38.1 Å². The van der Waals surface area contributed by atoms with Gasteiger partial charge in [-0.1, -0.05) is 43.3 Å². The van der Waals surface area contributed by atoms with Crippen molar-refractivity contribution >= 4 is 0 Å². The molecule has 19 heavy (non-hydrogen) atoms. The van der Waals surface area contributed by atoms with Gasteiger partial charge in [0, 0.05) is 0 Å². The second kappa shape index (κ2) is 6.39. The lowest BCUT2D eigenvalue weighted by Gasteiger charge is -2.15. The van der Waals surface area contributed by atoms with Crippen molar-refractivity contribution in [3.8, 4) is 5.75 Å². The molecule has 0 aliphatic heterocycles. The van der Waals surface area contributed by atoms with Gasteiger partial charge in [0.2, 0.25) is 0 Å². The molecule has 0 saturated carbocycles. The molecule has 2 N–H and O–H groups in total. The van der Waals surface area contributed by atoms with Crippen molar-refractivity contribution in [2.45, 2.75) is 26.3 Å². The molecule has 0 aliphatic carbocycles. The Morgan fingerprint density at radius 1 is 1.05 bits per heavy atom. The largest absolute Gasteiger partial charge is 0.492 e. The Morgan fingerprint density at radius 3 is 2.37 bits per heavy atom. The summed E-state index contributed by atoms with van der Waals surface area (Å²) in [4.78, 5) is 0. The van der Waals surface area contributed by atoms with E-state index in [1.54, 1.807) is 0 Å². The molecular weight excluding hydrogens is 234 g/mol. The Balaban J connectivity index is 1.96. The van der Waals surface area contributed by atoms with E-state index in [1.807, 2.05) is 24.3 Å². The maximum atomic E-state index is 6.17. The number of aryl methyl sites for hydroxylation is 2. The Morgan fingerprint density at radius 2 is 1.74 bits per heavy atom. The first-order valence-corrected chi connectivity index (χ1v) is 6.73. The smallest absolute Gasteiger partial charge is 0.119 e. The number of rotatable bonds is 5. The van der Waals surface area contributed by atoms with E-state index in [9.17, 15) is 0 Å². The molecule has 0 bridgehead atoms. The van der Waals surface area contributed by atoms with E-state index in [0.29, 0.717) is 6.61 Å². The molecule has 2 rings (SSSR count). The molecule has 1 unspecified atom stereocenters. The van der Waals surface area contributed by atoms with Crippen molar-refractivity contribution in [1.29, 1.82) is 0 Å². The van der Waals surface area contributed by atoms with Gasteiger partial charge < -0.3 is 10.5 Å². The van der Waals surface area contributed by atoms with Gasteiger partial charge in [0.05, 0.1) is 6.04 Å². The van der Waals surface area contributed by atoms with Crippen LogP contribution in [0.4, 0.5) is 0 Å². The summed E-state index contributed by atoms with van der Waals surface area (Å²) in [6, 6.07) is 16.3. The van der Waals surface area contributed by atoms with Crippen molar-refractivity contribution in [2.24, 2.45) is 5.73 Å². The van der Waals surface area contributed by atoms with Gasteiger partial charge in [-0.3, -0.25) is 0 Å². The zero-order valence-corrected chi connectivity index (χ0v) is 11.6. The van der Waals surface area contributed by atoms with E-state index < -0.39 is 0 Å². The first kappa shape index (κ1) is 13.6. The minimum absolute atomic E-state index is 0.0907. The second-order valence-electron chi connectivity index (χ2n) is 4.77. The van der Waals surface area contributed by atoms with E-state index in [0.717, 1.165) is 17.7 Å². The SMILES string of the molecule is CCc1ccc(OCC(N)c2ccccc2C)cc1. The lowest BCUT2D eigenvalue weighted by atomic mass is 10.0. The molecule has 2 aromatic rings. The highest BCUT2D eigenvalue weighted by atomic mass is 16.5. The molecule has 0 amide bonds. The number of hydrogen-bond acceptors (Lipinski definition) is 2. The molecule has 0 saturated heterocycles. The lowest BCUT2D eigenvalue weighted by molar-refractivity contribution is 0.290. The van der Waals surface area contributed by atoms with Crippen LogP contribution in [0.15, 0.2) is 48.5 Å². The normalized spacial score (nSPS) is 12.2. The minimum atomic E-state index is -0.0907. The Bertz CT molecular complexity index is 519. The van der Waals surface area contributed by atoms with Crippen LogP contribution in [0.3, 0.4) is 0 Å². The highest BCUT2D eigenvalue weighted by Gasteiger charge is 2.09. The van der Waals surface area contributed by atoms with Gasteiger partial charge in [-0.15, -0.1) is 0 Å². The monoisotopic (exact) mass is 255 g/mol. The summed E-state index contributed by atoms with van der Waals surface area (Å²) in [5.41, 5.74) is 9.84. The molecule has 0 heterocycles. The third-order valence-electron chi connectivity index (χ3n) is 3.35. The number of ether oxygens (including phenoxy) is 1. The fraction of sp³-hybridized carbons (Fsp3) is 0.294. The highest BCUT2D eigenvalue weighted by molar-refractivity contribution is 5.30. The van der Waals surface area contributed by atoms with Crippen LogP contribution >= 0.6 is 0 Å². The maximum Gasteiger partial charge on any atom is 0.119 e. The number of hydrogen-bond donors (Lipinski definition) is 1. The number of benzene rings is 2. The summed E-state index contributed by atoms with van der Waals surface area (Å²) in [6.07, 6.45) is 1.04. The molecule has 1 atom stereocenters. The Kier molecular flexibility index (Phi) is 4.58. The van der Waals surface area contributed by atoms with Crippen LogP contribution in [-0.4, -0.2) is 6.61 Å². The molecule has 0 radical (unpaired) electrons. The predicted octanol–water partition coefficient (Wildman–Crippen LogP) is 3.64. The fourth-order valence-corrected chi connectivity index (χ4v) is 2.10. The first-order valence-electron chi connectivity index (χ1n) is 6.73. The predicted molar refractivity (Wildman–Crippen MR) is 79.4 cm³/mol. The highest BCUT2D eigenvalue weighted by Crippen LogP contribution is 2.18. The number of nitrogens with two attached hydrogens (primary N) is 1. The van der Waals surface area contributed by atoms with Crippen LogP contribution in [0.1, 0.15) is 29.7 Å².